The molecule has 0 N–H and O–H groups in total. The van der Waals surface area contributed by atoms with Crippen molar-refractivity contribution in [1.82, 2.24) is 4.90 Å². The average Bonchev–Trinajstić information content (AvgIpc) is 3.03. The van der Waals surface area contributed by atoms with Crippen molar-refractivity contribution in [2.45, 2.75) is 32.6 Å². The summed E-state index contributed by atoms with van der Waals surface area (Å²) in [5, 5.41) is 0. The maximum Gasteiger partial charge on any atom is 0.251 e. The molecule has 0 amide bonds. The lowest BCUT2D eigenvalue weighted by atomic mass is 10.1. The number of alkyl halides is 2. The molecule has 1 aliphatic carbocycles. The third kappa shape index (κ3) is 3.54. The van der Waals surface area contributed by atoms with Gasteiger partial charge in [0, 0.05) is 44.2 Å². The second-order valence-corrected chi connectivity index (χ2v) is 6.63. The Morgan fingerprint density at radius 2 is 1.62 bits per heavy atom. The van der Waals surface area contributed by atoms with E-state index in [9.17, 15) is 8.78 Å². The average molecular weight is 294 g/mol. The van der Waals surface area contributed by atoms with E-state index in [4.69, 9.17) is 0 Å². The Hall–Kier alpha value is -1.16. The van der Waals surface area contributed by atoms with Crippen molar-refractivity contribution in [3.63, 3.8) is 0 Å². The van der Waals surface area contributed by atoms with Gasteiger partial charge in [0.2, 0.25) is 0 Å². The summed E-state index contributed by atoms with van der Waals surface area (Å²) < 4.78 is 25.8. The van der Waals surface area contributed by atoms with E-state index in [1.165, 1.54) is 16.8 Å². The highest BCUT2D eigenvalue weighted by Gasteiger charge is 2.56. The molecular formula is C17H24F2N2. The van der Waals surface area contributed by atoms with E-state index in [1.54, 1.807) is 0 Å². The van der Waals surface area contributed by atoms with Crippen molar-refractivity contribution in [3.8, 4) is 0 Å². The molecule has 4 heteroatoms. The molecular weight excluding hydrogens is 270 g/mol. The van der Waals surface area contributed by atoms with Crippen LogP contribution < -0.4 is 4.90 Å². The van der Waals surface area contributed by atoms with Crippen LogP contribution in [0.1, 0.15) is 24.0 Å². The van der Waals surface area contributed by atoms with Crippen LogP contribution in [0, 0.1) is 19.8 Å². The first-order valence-corrected chi connectivity index (χ1v) is 7.87. The quantitative estimate of drug-likeness (QED) is 0.839. The van der Waals surface area contributed by atoms with Gasteiger partial charge in [-0.1, -0.05) is 6.07 Å². The Bertz CT molecular complexity index is 487. The lowest BCUT2D eigenvalue weighted by molar-refractivity contribution is 0.0933. The minimum atomic E-state index is -2.36. The summed E-state index contributed by atoms with van der Waals surface area (Å²) in [5.74, 6) is -2.71. The smallest absolute Gasteiger partial charge is 0.251 e. The molecule has 1 saturated heterocycles. The van der Waals surface area contributed by atoms with Crippen molar-refractivity contribution < 1.29 is 8.78 Å². The molecule has 2 aliphatic rings. The summed E-state index contributed by atoms with van der Waals surface area (Å²) in [6, 6.07) is 6.65. The SMILES string of the molecule is Cc1cc(C)cc(N2CCN(CC[C@@H]3CC3(F)F)CC2)c1. The molecule has 0 spiro atoms. The highest BCUT2D eigenvalue weighted by atomic mass is 19.3. The van der Waals surface area contributed by atoms with Crippen LogP contribution in [-0.4, -0.2) is 43.5 Å². The molecule has 0 radical (unpaired) electrons. The first kappa shape index (κ1) is 14.8. The number of anilines is 1. The molecule has 0 unspecified atom stereocenters. The largest absolute Gasteiger partial charge is 0.369 e. The summed E-state index contributed by atoms with van der Waals surface area (Å²) >= 11 is 0. The van der Waals surface area contributed by atoms with Gasteiger partial charge in [-0.25, -0.2) is 8.78 Å². The lowest BCUT2D eigenvalue weighted by Crippen LogP contribution is -2.46. The minimum Gasteiger partial charge on any atom is -0.369 e. The molecule has 1 aliphatic heterocycles. The van der Waals surface area contributed by atoms with Gasteiger partial charge in [-0.15, -0.1) is 0 Å². The van der Waals surface area contributed by atoms with E-state index in [2.05, 4.69) is 41.8 Å². The van der Waals surface area contributed by atoms with E-state index in [0.717, 1.165) is 32.7 Å². The molecule has 0 bridgehead atoms. The molecule has 3 rings (SSSR count). The maximum absolute atomic E-state index is 12.9. The van der Waals surface area contributed by atoms with Gasteiger partial charge in [0.25, 0.3) is 5.92 Å². The normalized spacial score (nSPS) is 25.1. The zero-order valence-corrected chi connectivity index (χ0v) is 12.9. The van der Waals surface area contributed by atoms with Crippen LogP contribution in [0.25, 0.3) is 0 Å². The van der Waals surface area contributed by atoms with Crippen LogP contribution in [0.4, 0.5) is 14.5 Å². The predicted molar refractivity (Wildman–Crippen MR) is 82.2 cm³/mol. The number of halogens is 2. The topological polar surface area (TPSA) is 6.48 Å². The van der Waals surface area contributed by atoms with Crippen molar-refractivity contribution >= 4 is 5.69 Å². The fourth-order valence-corrected chi connectivity index (χ4v) is 3.28. The minimum absolute atomic E-state index is 0.107. The van der Waals surface area contributed by atoms with Gasteiger partial charge in [0.05, 0.1) is 0 Å². The molecule has 1 saturated carbocycles. The summed E-state index contributed by atoms with van der Waals surface area (Å²) in [6.45, 7) is 9.01. The molecule has 1 heterocycles. The number of hydrogen-bond donors (Lipinski definition) is 0. The van der Waals surface area contributed by atoms with Crippen molar-refractivity contribution in [2.75, 3.05) is 37.6 Å². The van der Waals surface area contributed by atoms with Crippen LogP contribution in [0.2, 0.25) is 0 Å². The molecule has 1 aromatic carbocycles. The number of nitrogens with zero attached hydrogens (tertiary/aromatic N) is 2. The number of benzene rings is 1. The number of hydrogen-bond acceptors (Lipinski definition) is 2. The molecule has 1 aromatic rings. The lowest BCUT2D eigenvalue weighted by Gasteiger charge is -2.36. The Balaban J connectivity index is 1.48. The van der Waals surface area contributed by atoms with Crippen LogP contribution in [0.15, 0.2) is 18.2 Å². The van der Waals surface area contributed by atoms with E-state index in [0.29, 0.717) is 6.42 Å². The van der Waals surface area contributed by atoms with Crippen LogP contribution in [0.5, 0.6) is 0 Å². The Kier molecular flexibility index (Phi) is 3.91. The number of rotatable bonds is 4. The van der Waals surface area contributed by atoms with Crippen LogP contribution in [-0.2, 0) is 0 Å². The first-order chi connectivity index (χ1) is 9.94. The third-order valence-electron chi connectivity index (χ3n) is 4.69. The summed E-state index contributed by atoms with van der Waals surface area (Å²) in [7, 11) is 0. The van der Waals surface area contributed by atoms with Gasteiger partial charge >= 0.3 is 0 Å². The van der Waals surface area contributed by atoms with E-state index >= 15 is 0 Å². The summed E-state index contributed by atoms with van der Waals surface area (Å²) in [4.78, 5) is 4.73. The van der Waals surface area contributed by atoms with Crippen LogP contribution in [0.3, 0.4) is 0 Å². The Morgan fingerprint density at radius 3 is 2.14 bits per heavy atom. The van der Waals surface area contributed by atoms with E-state index in [-0.39, 0.29) is 12.3 Å². The Morgan fingerprint density at radius 1 is 1.05 bits per heavy atom. The maximum atomic E-state index is 12.9. The van der Waals surface area contributed by atoms with Gasteiger partial charge in [0.15, 0.2) is 0 Å². The van der Waals surface area contributed by atoms with Crippen molar-refractivity contribution in [1.29, 1.82) is 0 Å². The fraction of sp³-hybridized carbons (Fsp3) is 0.647. The molecule has 2 nitrogen and oxygen atoms in total. The highest BCUT2D eigenvalue weighted by Crippen LogP contribution is 2.50. The second-order valence-electron chi connectivity index (χ2n) is 6.63. The summed E-state index contributed by atoms with van der Waals surface area (Å²) in [6.07, 6.45) is 0.756. The monoisotopic (exact) mass is 294 g/mol. The van der Waals surface area contributed by atoms with Crippen molar-refractivity contribution in [2.24, 2.45) is 5.92 Å². The molecule has 0 aromatic heterocycles. The Labute approximate surface area is 125 Å². The highest BCUT2D eigenvalue weighted by molar-refractivity contribution is 5.51. The second kappa shape index (κ2) is 5.56. The fourth-order valence-electron chi connectivity index (χ4n) is 3.28. The zero-order valence-electron chi connectivity index (χ0n) is 12.9. The van der Waals surface area contributed by atoms with Gasteiger partial charge in [-0.05, 0) is 50.1 Å². The molecule has 1 atom stereocenters. The van der Waals surface area contributed by atoms with Gasteiger partial charge in [0.1, 0.15) is 0 Å². The molecule has 2 fully saturated rings. The third-order valence-corrected chi connectivity index (χ3v) is 4.69. The first-order valence-electron chi connectivity index (χ1n) is 7.87. The van der Waals surface area contributed by atoms with Gasteiger partial charge in [-0.2, -0.15) is 0 Å². The van der Waals surface area contributed by atoms with Crippen molar-refractivity contribution in [3.05, 3.63) is 29.3 Å². The van der Waals surface area contributed by atoms with Crippen LogP contribution >= 0.6 is 0 Å². The predicted octanol–water partition coefficient (Wildman–Crippen LogP) is 3.47. The zero-order chi connectivity index (χ0) is 15.0. The molecule has 21 heavy (non-hydrogen) atoms. The number of aryl methyl sites for hydroxylation is 2. The standard InChI is InChI=1S/C17H24F2N2/c1-13-9-14(2)11-16(10-13)21-7-5-20(6-8-21)4-3-15-12-17(15,18)19/h9-11,15H,3-8,12H2,1-2H3/t15-/m1/s1. The van der Waals surface area contributed by atoms with E-state index < -0.39 is 5.92 Å². The summed E-state index contributed by atoms with van der Waals surface area (Å²) in [5.41, 5.74) is 3.88. The van der Waals surface area contributed by atoms with Gasteiger partial charge in [-0.3, -0.25) is 4.90 Å². The number of piperazine rings is 1. The van der Waals surface area contributed by atoms with E-state index in [1.807, 2.05) is 0 Å². The molecule has 116 valence electrons. The van der Waals surface area contributed by atoms with Gasteiger partial charge < -0.3 is 4.90 Å².